The minimum Gasteiger partial charge on any atom is -0.478 e. The van der Waals surface area contributed by atoms with Gasteiger partial charge in [0, 0.05) is 11.1 Å². The Morgan fingerprint density at radius 3 is 2.65 bits per heavy atom. The fourth-order valence-electron chi connectivity index (χ4n) is 1.90. The Balaban J connectivity index is 2.28. The van der Waals surface area contributed by atoms with Crippen LogP contribution in [0, 0.1) is 0 Å². The molecule has 7 heteroatoms. The van der Waals surface area contributed by atoms with E-state index in [2.05, 4.69) is 10.3 Å². The van der Waals surface area contributed by atoms with Crippen molar-refractivity contribution in [3.63, 3.8) is 0 Å². The second-order valence-corrected chi connectivity index (χ2v) is 6.97. The van der Waals surface area contributed by atoms with Gasteiger partial charge in [0.1, 0.15) is 5.82 Å². The first kappa shape index (κ1) is 14.5. The molecule has 1 aromatic rings. The Hall–Kier alpha value is -1.89. The lowest BCUT2D eigenvalue weighted by Gasteiger charge is -2.14. The van der Waals surface area contributed by atoms with Gasteiger partial charge < -0.3 is 10.4 Å². The quantitative estimate of drug-likeness (QED) is 0.876. The third kappa shape index (κ3) is 3.36. The van der Waals surface area contributed by atoms with Crippen molar-refractivity contribution in [2.75, 3.05) is 11.1 Å². The summed E-state index contributed by atoms with van der Waals surface area (Å²) in [6.45, 7) is 3.83. The molecule has 20 heavy (non-hydrogen) atoms. The van der Waals surface area contributed by atoms with Crippen LogP contribution >= 0.6 is 0 Å². The highest BCUT2D eigenvalue weighted by molar-refractivity contribution is 7.94. The number of rotatable bonds is 4. The molecule has 1 aromatic heterocycles. The van der Waals surface area contributed by atoms with E-state index in [1.807, 2.05) is 13.8 Å². The maximum Gasteiger partial charge on any atom is 0.335 e. The Morgan fingerprint density at radius 1 is 1.45 bits per heavy atom. The highest BCUT2D eigenvalue weighted by atomic mass is 32.2. The zero-order valence-electron chi connectivity index (χ0n) is 11.2. The molecule has 2 rings (SSSR count). The van der Waals surface area contributed by atoms with E-state index in [0.717, 1.165) is 5.41 Å². The number of carboxylic acids is 1. The van der Waals surface area contributed by atoms with Gasteiger partial charge in [-0.2, -0.15) is 0 Å². The summed E-state index contributed by atoms with van der Waals surface area (Å²) in [6.07, 6.45) is 1.54. The first-order chi connectivity index (χ1) is 9.27. The van der Waals surface area contributed by atoms with Crippen molar-refractivity contribution in [2.45, 2.75) is 25.8 Å². The smallest absolute Gasteiger partial charge is 0.335 e. The number of aromatic nitrogens is 1. The second-order valence-electron chi connectivity index (χ2n) is 5.03. The molecular weight excluding hydrogens is 280 g/mol. The maximum atomic E-state index is 11.3. The average molecular weight is 296 g/mol. The van der Waals surface area contributed by atoms with Crippen LogP contribution in [0.4, 0.5) is 5.82 Å². The monoisotopic (exact) mass is 296 g/mol. The topological polar surface area (TPSA) is 96.4 Å². The van der Waals surface area contributed by atoms with Crippen molar-refractivity contribution in [2.24, 2.45) is 0 Å². The number of anilines is 1. The Kier molecular flexibility index (Phi) is 3.80. The minimum atomic E-state index is -3.16. The summed E-state index contributed by atoms with van der Waals surface area (Å²) in [5, 5.41) is 13.2. The van der Waals surface area contributed by atoms with Gasteiger partial charge in [-0.05, 0) is 24.1 Å². The molecule has 0 fully saturated rings. The van der Waals surface area contributed by atoms with Crippen LogP contribution in [0.2, 0.25) is 0 Å². The molecule has 0 aliphatic carbocycles. The SMILES string of the molecule is CC(C)c1cc(C(=O)O)cc(NC2C=CS(=O)(=O)C2)n1. The number of sulfone groups is 1. The molecule has 0 aromatic carbocycles. The highest BCUT2D eigenvalue weighted by Gasteiger charge is 2.22. The first-order valence-corrected chi connectivity index (χ1v) is 7.91. The average Bonchev–Trinajstić information content (AvgIpc) is 2.68. The highest BCUT2D eigenvalue weighted by Crippen LogP contribution is 2.20. The van der Waals surface area contributed by atoms with E-state index in [1.54, 1.807) is 6.08 Å². The van der Waals surface area contributed by atoms with Crippen molar-refractivity contribution in [1.82, 2.24) is 4.98 Å². The van der Waals surface area contributed by atoms with Crippen LogP contribution < -0.4 is 5.32 Å². The molecule has 1 aliphatic heterocycles. The second kappa shape index (κ2) is 5.24. The van der Waals surface area contributed by atoms with Crippen LogP contribution in [0.1, 0.15) is 35.8 Å². The lowest BCUT2D eigenvalue weighted by Crippen LogP contribution is -2.22. The minimum absolute atomic E-state index is 0.0387. The van der Waals surface area contributed by atoms with Crippen LogP contribution in [-0.4, -0.2) is 36.3 Å². The molecule has 1 unspecified atom stereocenters. The predicted octanol–water partition coefficient (Wildman–Crippen LogP) is 1.63. The van der Waals surface area contributed by atoms with Gasteiger partial charge in [0.2, 0.25) is 0 Å². The third-order valence-electron chi connectivity index (χ3n) is 2.95. The van der Waals surface area contributed by atoms with Crippen LogP contribution in [0.15, 0.2) is 23.6 Å². The zero-order valence-corrected chi connectivity index (χ0v) is 12.0. The third-order valence-corrected chi connectivity index (χ3v) is 4.34. The summed E-state index contributed by atoms with van der Waals surface area (Å²) < 4.78 is 22.7. The molecule has 1 aliphatic rings. The summed E-state index contributed by atoms with van der Waals surface area (Å²) in [4.78, 5) is 15.4. The van der Waals surface area contributed by atoms with Gasteiger partial charge in [-0.15, -0.1) is 0 Å². The van der Waals surface area contributed by atoms with Gasteiger partial charge in [0.05, 0.1) is 17.4 Å². The summed E-state index contributed by atoms with van der Waals surface area (Å²) in [5.74, 6) is -0.617. The van der Waals surface area contributed by atoms with E-state index < -0.39 is 15.8 Å². The molecule has 0 spiro atoms. The molecule has 2 N–H and O–H groups in total. The Morgan fingerprint density at radius 2 is 2.15 bits per heavy atom. The molecule has 0 radical (unpaired) electrons. The molecule has 0 saturated heterocycles. The normalized spacial score (nSPS) is 20.2. The number of hydrogen-bond donors (Lipinski definition) is 2. The van der Waals surface area contributed by atoms with Crippen molar-refractivity contribution < 1.29 is 18.3 Å². The van der Waals surface area contributed by atoms with Crippen molar-refractivity contribution in [3.05, 3.63) is 34.9 Å². The summed E-state index contributed by atoms with van der Waals surface area (Å²) >= 11 is 0. The molecule has 108 valence electrons. The Labute approximate surface area is 117 Å². The lowest BCUT2D eigenvalue weighted by molar-refractivity contribution is 0.0696. The van der Waals surface area contributed by atoms with Gasteiger partial charge >= 0.3 is 5.97 Å². The van der Waals surface area contributed by atoms with Crippen molar-refractivity contribution >= 4 is 21.6 Å². The van der Waals surface area contributed by atoms with E-state index in [1.165, 1.54) is 12.1 Å². The Bertz CT molecular complexity index is 665. The first-order valence-electron chi connectivity index (χ1n) is 6.19. The van der Waals surface area contributed by atoms with E-state index in [-0.39, 0.29) is 23.3 Å². The van der Waals surface area contributed by atoms with E-state index >= 15 is 0 Å². The van der Waals surface area contributed by atoms with Crippen LogP contribution in [0.5, 0.6) is 0 Å². The predicted molar refractivity (Wildman–Crippen MR) is 75.6 cm³/mol. The van der Waals surface area contributed by atoms with Gasteiger partial charge in [-0.1, -0.05) is 13.8 Å². The molecule has 0 saturated carbocycles. The van der Waals surface area contributed by atoms with E-state index in [9.17, 15) is 13.2 Å². The van der Waals surface area contributed by atoms with E-state index in [4.69, 9.17) is 5.11 Å². The maximum absolute atomic E-state index is 11.3. The number of carboxylic acid groups (broad SMARTS) is 1. The van der Waals surface area contributed by atoms with Crippen molar-refractivity contribution in [1.29, 1.82) is 0 Å². The number of hydrogen-bond acceptors (Lipinski definition) is 5. The zero-order chi connectivity index (χ0) is 14.9. The van der Waals surface area contributed by atoms with Gasteiger partial charge in [-0.3, -0.25) is 0 Å². The van der Waals surface area contributed by atoms with Crippen LogP contribution in [0.3, 0.4) is 0 Å². The van der Waals surface area contributed by atoms with E-state index in [0.29, 0.717) is 11.5 Å². The van der Waals surface area contributed by atoms with Crippen molar-refractivity contribution in [3.8, 4) is 0 Å². The number of nitrogens with one attached hydrogen (secondary N) is 1. The molecule has 1 atom stereocenters. The number of nitrogens with zero attached hydrogens (tertiary/aromatic N) is 1. The fourth-order valence-corrected chi connectivity index (χ4v) is 3.14. The molecule has 2 heterocycles. The van der Waals surface area contributed by atoms with Crippen LogP contribution in [-0.2, 0) is 9.84 Å². The number of carbonyl (C=O) groups is 1. The number of aromatic carboxylic acids is 1. The summed E-state index contributed by atoms with van der Waals surface area (Å²) in [7, 11) is -3.16. The lowest BCUT2D eigenvalue weighted by atomic mass is 10.1. The van der Waals surface area contributed by atoms with Crippen LogP contribution in [0.25, 0.3) is 0 Å². The van der Waals surface area contributed by atoms with Gasteiger partial charge in [0.15, 0.2) is 9.84 Å². The van der Waals surface area contributed by atoms with Gasteiger partial charge in [-0.25, -0.2) is 18.2 Å². The standard InChI is InChI=1S/C13H16N2O4S/c1-8(2)11-5-9(13(16)17)6-12(15-11)14-10-3-4-20(18,19)7-10/h3-6,8,10H,7H2,1-2H3,(H,14,15)(H,16,17). The molecule has 0 amide bonds. The molecule has 6 nitrogen and oxygen atoms in total. The van der Waals surface area contributed by atoms with Gasteiger partial charge in [0.25, 0.3) is 0 Å². The molecular formula is C13H16N2O4S. The fraction of sp³-hybridized carbons (Fsp3) is 0.385. The number of pyridine rings is 1. The molecule has 0 bridgehead atoms. The largest absolute Gasteiger partial charge is 0.478 e. The summed E-state index contributed by atoms with van der Waals surface area (Å²) in [6, 6.07) is 2.56. The summed E-state index contributed by atoms with van der Waals surface area (Å²) in [5.41, 5.74) is 0.785.